The molecule has 0 fully saturated rings. The van der Waals surface area contributed by atoms with E-state index >= 15 is 0 Å². The van der Waals surface area contributed by atoms with Gasteiger partial charge in [0.15, 0.2) is 0 Å². The number of nitrogens with zero attached hydrogens (tertiary/aromatic N) is 2. The van der Waals surface area contributed by atoms with Crippen molar-refractivity contribution in [2.45, 2.75) is 6.92 Å². The second-order valence-electron chi connectivity index (χ2n) is 3.83. The number of hydrogen-bond acceptors (Lipinski definition) is 5. The molecule has 2 heterocycles. The molecule has 0 N–H and O–H groups in total. The number of furan rings is 1. The lowest BCUT2D eigenvalue weighted by atomic mass is 10.1. The summed E-state index contributed by atoms with van der Waals surface area (Å²) in [5.41, 5.74) is 1.21. The third-order valence-corrected chi connectivity index (χ3v) is 2.51. The van der Waals surface area contributed by atoms with Crippen molar-refractivity contribution in [2.24, 2.45) is 0 Å². The number of carbonyl (C=O) groups is 1. The molecular formula is C15H12N2O3. The van der Waals surface area contributed by atoms with Crippen LogP contribution in [0.4, 0.5) is 0 Å². The Morgan fingerprint density at radius 2 is 2.30 bits per heavy atom. The molecule has 0 bridgehead atoms. The number of aromatic nitrogens is 1. The van der Waals surface area contributed by atoms with Crippen molar-refractivity contribution in [2.75, 3.05) is 6.61 Å². The van der Waals surface area contributed by atoms with Crippen LogP contribution < -0.4 is 0 Å². The van der Waals surface area contributed by atoms with E-state index in [0.29, 0.717) is 17.9 Å². The van der Waals surface area contributed by atoms with E-state index in [-0.39, 0.29) is 5.76 Å². The topological polar surface area (TPSA) is 76.1 Å². The molecule has 0 atom stereocenters. The van der Waals surface area contributed by atoms with E-state index in [1.165, 1.54) is 6.20 Å². The Labute approximate surface area is 116 Å². The molecular weight excluding hydrogens is 256 g/mol. The van der Waals surface area contributed by atoms with Crippen molar-refractivity contribution < 1.29 is 13.9 Å². The van der Waals surface area contributed by atoms with E-state index in [2.05, 4.69) is 11.1 Å². The van der Waals surface area contributed by atoms with Gasteiger partial charge in [-0.15, -0.1) is 0 Å². The summed E-state index contributed by atoms with van der Waals surface area (Å²) in [7, 11) is 0. The SMILES string of the molecule is CCOC(=O)c1ccc(/C=C/c2ccncc2C#N)o1. The Bertz CT molecular complexity index is 680. The fraction of sp³-hybridized carbons (Fsp3) is 0.133. The number of rotatable bonds is 4. The summed E-state index contributed by atoms with van der Waals surface area (Å²) in [5, 5.41) is 8.94. The first-order valence-electron chi connectivity index (χ1n) is 6.03. The minimum atomic E-state index is -0.492. The van der Waals surface area contributed by atoms with Gasteiger partial charge in [-0.2, -0.15) is 5.26 Å². The lowest BCUT2D eigenvalue weighted by Crippen LogP contribution is -2.02. The predicted octanol–water partition coefficient (Wildman–Crippen LogP) is 2.89. The highest BCUT2D eigenvalue weighted by Crippen LogP contribution is 2.14. The summed E-state index contributed by atoms with van der Waals surface area (Å²) < 4.78 is 10.2. The van der Waals surface area contributed by atoms with Gasteiger partial charge in [-0.1, -0.05) is 0 Å². The van der Waals surface area contributed by atoms with Gasteiger partial charge in [0.1, 0.15) is 11.8 Å². The first kappa shape index (κ1) is 13.6. The van der Waals surface area contributed by atoms with Gasteiger partial charge in [0, 0.05) is 12.4 Å². The van der Waals surface area contributed by atoms with Gasteiger partial charge in [0.2, 0.25) is 5.76 Å². The zero-order valence-electron chi connectivity index (χ0n) is 10.9. The fourth-order valence-corrected chi connectivity index (χ4v) is 1.57. The highest BCUT2D eigenvalue weighted by atomic mass is 16.5. The molecule has 0 saturated heterocycles. The second-order valence-corrected chi connectivity index (χ2v) is 3.83. The van der Waals surface area contributed by atoms with Crippen LogP contribution in [-0.2, 0) is 4.74 Å². The molecule has 5 heteroatoms. The van der Waals surface area contributed by atoms with Crippen LogP contribution >= 0.6 is 0 Å². The maximum atomic E-state index is 11.4. The van der Waals surface area contributed by atoms with Gasteiger partial charge in [-0.25, -0.2) is 4.79 Å². The number of hydrogen-bond donors (Lipinski definition) is 0. The number of nitriles is 1. The average molecular weight is 268 g/mol. The van der Waals surface area contributed by atoms with E-state index in [9.17, 15) is 4.79 Å². The summed E-state index contributed by atoms with van der Waals surface area (Å²) in [5.74, 6) is 0.171. The van der Waals surface area contributed by atoms with Crippen LogP contribution in [-0.4, -0.2) is 17.6 Å². The molecule has 100 valence electrons. The molecule has 2 aromatic heterocycles. The summed E-state index contributed by atoms with van der Waals surface area (Å²) in [6, 6.07) is 6.99. The molecule has 0 amide bonds. The molecule has 2 aromatic rings. The second kappa shape index (κ2) is 6.34. The Balaban J connectivity index is 2.16. The summed E-state index contributed by atoms with van der Waals surface area (Å²) >= 11 is 0. The van der Waals surface area contributed by atoms with E-state index in [1.54, 1.807) is 43.5 Å². The zero-order chi connectivity index (χ0) is 14.4. The van der Waals surface area contributed by atoms with Crippen LogP contribution in [0.1, 0.15) is 34.4 Å². The van der Waals surface area contributed by atoms with E-state index in [0.717, 1.165) is 5.56 Å². The van der Waals surface area contributed by atoms with Crippen LogP contribution in [0.15, 0.2) is 35.0 Å². The zero-order valence-corrected chi connectivity index (χ0v) is 10.9. The molecule has 20 heavy (non-hydrogen) atoms. The van der Waals surface area contributed by atoms with Gasteiger partial charge in [0.25, 0.3) is 0 Å². The van der Waals surface area contributed by atoms with Gasteiger partial charge in [-0.05, 0) is 42.8 Å². The Kier molecular flexibility index (Phi) is 4.30. The van der Waals surface area contributed by atoms with Crippen molar-refractivity contribution in [3.05, 3.63) is 53.2 Å². The molecule has 0 spiro atoms. The smallest absolute Gasteiger partial charge is 0.374 e. The standard InChI is InChI=1S/C15H12N2O3/c1-2-19-15(18)14-6-5-13(20-14)4-3-11-7-8-17-10-12(11)9-16/h3-8,10H,2H2,1H3/b4-3+. The summed E-state index contributed by atoms with van der Waals surface area (Å²) in [6.07, 6.45) is 6.51. The number of pyridine rings is 1. The van der Waals surface area contributed by atoms with Crippen LogP contribution in [0.5, 0.6) is 0 Å². The van der Waals surface area contributed by atoms with Crippen LogP contribution in [0.25, 0.3) is 12.2 Å². The normalized spacial score (nSPS) is 10.4. The highest BCUT2D eigenvalue weighted by molar-refractivity contribution is 5.86. The molecule has 2 rings (SSSR count). The van der Waals surface area contributed by atoms with Crippen molar-refractivity contribution in [1.82, 2.24) is 4.98 Å². The number of esters is 1. The Hall–Kier alpha value is -2.87. The third kappa shape index (κ3) is 3.12. The van der Waals surface area contributed by atoms with Gasteiger partial charge < -0.3 is 9.15 Å². The van der Waals surface area contributed by atoms with E-state index in [4.69, 9.17) is 14.4 Å². The van der Waals surface area contributed by atoms with Crippen LogP contribution in [0.2, 0.25) is 0 Å². The van der Waals surface area contributed by atoms with Crippen molar-refractivity contribution in [3.63, 3.8) is 0 Å². The third-order valence-electron chi connectivity index (χ3n) is 2.51. The Morgan fingerprint density at radius 3 is 3.05 bits per heavy atom. The Morgan fingerprint density at radius 1 is 1.45 bits per heavy atom. The molecule has 0 aliphatic rings. The maximum absolute atomic E-state index is 11.4. The summed E-state index contributed by atoms with van der Waals surface area (Å²) in [6.45, 7) is 2.03. The van der Waals surface area contributed by atoms with Gasteiger partial charge in [-0.3, -0.25) is 4.98 Å². The number of carbonyl (C=O) groups excluding carboxylic acids is 1. The van der Waals surface area contributed by atoms with Gasteiger partial charge >= 0.3 is 5.97 Å². The highest BCUT2D eigenvalue weighted by Gasteiger charge is 2.10. The first-order valence-corrected chi connectivity index (χ1v) is 6.03. The van der Waals surface area contributed by atoms with Gasteiger partial charge in [0.05, 0.1) is 12.2 Å². The molecule has 5 nitrogen and oxygen atoms in total. The monoisotopic (exact) mass is 268 g/mol. The van der Waals surface area contributed by atoms with Crippen molar-refractivity contribution in [1.29, 1.82) is 5.26 Å². The number of ether oxygens (including phenoxy) is 1. The molecule has 0 aliphatic carbocycles. The predicted molar refractivity (Wildman–Crippen MR) is 72.5 cm³/mol. The fourth-order valence-electron chi connectivity index (χ4n) is 1.57. The maximum Gasteiger partial charge on any atom is 0.374 e. The largest absolute Gasteiger partial charge is 0.460 e. The molecule has 0 radical (unpaired) electrons. The first-order chi connectivity index (χ1) is 9.74. The molecule has 0 aliphatic heterocycles. The minimum absolute atomic E-state index is 0.154. The van der Waals surface area contributed by atoms with Crippen molar-refractivity contribution in [3.8, 4) is 6.07 Å². The molecule has 0 saturated carbocycles. The molecule has 0 aromatic carbocycles. The average Bonchev–Trinajstić information content (AvgIpc) is 2.94. The van der Waals surface area contributed by atoms with Crippen LogP contribution in [0, 0.1) is 11.3 Å². The summed E-state index contributed by atoms with van der Waals surface area (Å²) in [4.78, 5) is 15.3. The lowest BCUT2D eigenvalue weighted by Gasteiger charge is -1.96. The minimum Gasteiger partial charge on any atom is -0.460 e. The quantitative estimate of drug-likeness (QED) is 0.797. The van der Waals surface area contributed by atoms with E-state index < -0.39 is 5.97 Å². The molecule has 0 unspecified atom stereocenters. The lowest BCUT2D eigenvalue weighted by molar-refractivity contribution is 0.0489. The van der Waals surface area contributed by atoms with Crippen molar-refractivity contribution >= 4 is 18.1 Å². The van der Waals surface area contributed by atoms with Crippen LogP contribution in [0.3, 0.4) is 0 Å². The van der Waals surface area contributed by atoms with E-state index in [1.807, 2.05) is 0 Å².